The second kappa shape index (κ2) is 4.92. The molecule has 0 aliphatic rings. The Balaban J connectivity index is 2.21. The fraction of sp³-hybridized carbons (Fsp3) is 0.467. The van der Waals surface area contributed by atoms with Gasteiger partial charge in [0, 0.05) is 5.39 Å². The van der Waals surface area contributed by atoms with Gasteiger partial charge in [-0.05, 0) is 37.3 Å². The fourth-order valence-electron chi connectivity index (χ4n) is 2.03. The first kappa shape index (κ1) is 12.2. The van der Waals surface area contributed by atoms with Gasteiger partial charge in [0.05, 0.1) is 0 Å². The SMILES string of the molecule is Cc1cccc2cc(C(O)CCC(C)C)oc12. The zero-order valence-corrected chi connectivity index (χ0v) is 10.7. The maximum atomic E-state index is 10.1. The summed E-state index contributed by atoms with van der Waals surface area (Å²) in [5.41, 5.74) is 2.01. The Bertz CT molecular complexity index is 497. The van der Waals surface area contributed by atoms with Crippen molar-refractivity contribution in [3.63, 3.8) is 0 Å². The highest BCUT2D eigenvalue weighted by molar-refractivity contribution is 5.80. The third-order valence-corrected chi connectivity index (χ3v) is 3.11. The molecule has 0 aliphatic heterocycles. The summed E-state index contributed by atoms with van der Waals surface area (Å²) < 4.78 is 5.74. The van der Waals surface area contributed by atoms with Crippen molar-refractivity contribution in [3.8, 4) is 0 Å². The van der Waals surface area contributed by atoms with Crippen molar-refractivity contribution in [2.45, 2.75) is 39.7 Å². The number of aliphatic hydroxyl groups is 1. The largest absolute Gasteiger partial charge is 0.458 e. The molecule has 0 bridgehead atoms. The minimum Gasteiger partial charge on any atom is -0.458 e. The van der Waals surface area contributed by atoms with Gasteiger partial charge in [0.15, 0.2) is 0 Å². The molecule has 92 valence electrons. The molecule has 1 atom stereocenters. The van der Waals surface area contributed by atoms with Gasteiger partial charge in [-0.2, -0.15) is 0 Å². The molecule has 1 unspecified atom stereocenters. The normalized spacial score (nSPS) is 13.5. The summed E-state index contributed by atoms with van der Waals surface area (Å²) in [7, 11) is 0. The predicted octanol–water partition coefficient (Wildman–Crippen LogP) is 4.21. The number of furan rings is 1. The molecule has 1 aromatic heterocycles. The van der Waals surface area contributed by atoms with Crippen LogP contribution < -0.4 is 0 Å². The summed E-state index contributed by atoms with van der Waals surface area (Å²) in [5.74, 6) is 1.30. The summed E-state index contributed by atoms with van der Waals surface area (Å²) in [6, 6.07) is 8.01. The molecular formula is C15H20O2. The molecule has 0 fully saturated rings. The van der Waals surface area contributed by atoms with Gasteiger partial charge in [-0.25, -0.2) is 0 Å². The smallest absolute Gasteiger partial charge is 0.137 e. The van der Waals surface area contributed by atoms with Crippen molar-refractivity contribution < 1.29 is 9.52 Å². The van der Waals surface area contributed by atoms with Crippen LogP contribution in [0.25, 0.3) is 11.0 Å². The summed E-state index contributed by atoms with van der Waals surface area (Å²) in [4.78, 5) is 0. The van der Waals surface area contributed by atoms with Gasteiger partial charge in [-0.15, -0.1) is 0 Å². The number of hydrogen-bond acceptors (Lipinski definition) is 2. The lowest BCUT2D eigenvalue weighted by atomic mass is 10.0. The average Bonchev–Trinajstić information content (AvgIpc) is 2.71. The van der Waals surface area contributed by atoms with Gasteiger partial charge >= 0.3 is 0 Å². The second-order valence-electron chi connectivity index (χ2n) is 5.13. The van der Waals surface area contributed by atoms with E-state index in [0.29, 0.717) is 11.7 Å². The van der Waals surface area contributed by atoms with E-state index < -0.39 is 6.10 Å². The topological polar surface area (TPSA) is 33.4 Å². The van der Waals surface area contributed by atoms with Gasteiger partial charge in [0.1, 0.15) is 17.4 Å². The Hall–Kier alpha value is -1.28. The quantitative estimate of drug-likeness (QED) is 0.856. The lowest BCUT2D eigenvalue weighted by Crippen LogP contribution is -1.98. The van der Waals surface area contributed by atoms with Gasteiger partial charge < -0.3 is 9.52 Å². The molecule has 0 radical (unpaired) electrons. The van der Waals surface area contributed by atoms with Gasteiger partial charge in [-0.1, -0.05) is 32.0 Å². The zero-order valence-electron chi connectivity index (χ0n) is 10.7. The summed E-state index contributed by atoms with van der Waals surface area (Å²) in [6.45, 7) is 6.35. The molecule has 0 aliphatic carbocycles. The van der Waals surface area contributed by atoms with Crippen LogP contribution in [0.2, 0.25) is 0 Å². The fourth-order valence-corrected chi connectivity index (χ4v) is 2.03. The van der Waals surface area contributed by atoms with Crippen LogP contribution in [0.1, 0.15) is 44.1 Å². The molecular weight excluding hydrogens is 212 g/mol. The maximum Gasteiger partial charge on any atom is 0.137 e. The molecule has 1 aromatic carbocycles. The van der Waals surface area contributed by atoms with Gasteiger partial charge in [-0.3, -0.25) is 0 Å². The van der Waals surface area contributed by atoms with Crippen LogP contribution in [0.15, 0.2) is 28.7 Å². The van der Waals surface area contributed by atoms with Crippen molar-refractivity contribution in [1.82, 2.24) is 0 Å². The number of hydrogen-bond donors (Lipinski definition) is 1. The van der Waals surface area contributed by atoms with Crippen LogP contribution in [0, 0.1) is 12.8 Å². The number of aliphatic hydroxyl groups excluding tert-OH is 1. The molecule has 1 N–H and O–H groups in total. The molecule has 2 heteroatoms. The number of para-hydroxylation sites is 1. The average molecular weight is 232 g/mol. The molecule has 2 rings (SSSR count). The van der Waals surface area contributed by atoms with Crippen molar-refractivity contribution in [3.05, 3.63) is 35.6 Å². The first-order chi connectivity index (χ1) is 8.08. The van der Waals surface area contributed by atoms with Crippen LogP contribution in [0.4, 0.5) is 0 Å². The van der Waals surface area contributed by atoms with Crippen molar-refractivity contribution in [1.29, 1.82) is 0 Å². The first-order valence-corrected chi connectivity index (χ1v) is 6.25. The number of benzene rings is 1. The molecule has 2 aromatic rings. The Morgan fingerprint density at radius 2 is 2.00 bits per heavy atom. The summed E-state index contributed by atoms with van der Waals surface area (Å²) in [5, 5.41) is 11.1. The lowest BCUT2D eigenvalue weighted by molar-refractivity contribution is 0.135. The number of aryl methyl sites for hydroxylation is 1. The highest BCUT2D eigenvalue weighted by atomic mass is 16.4. The van der Waals surface area contributed by atoms with E-state index in [1.807, 2.05) is 31.2 Å². The van der Waals surface area contributed by atoms with Crippen molar-refractivity contribution >= 4 is 11.0 Å². The monoisotopic (exact) mass is 232 g/mol. The third kappa shape index (κ3) is 2.70. The van der Waals surface area contributed by atoms with Gasteiger partial charge in [0.25, 0.3) is 0 Å². The summed E-state index contributed by atoms with van der Waals surface area (Å²) >= 11 is 0. The van der Waals surface area contributed by atoms with E-state index in [2.05, 4.69) is 13.8 Å². The molecule has 0 saturated carbocycles. The highest BCUT2D eigenvalue weighted by Gasteiger charge is 2.14. The van der Waals surface area contributed by atoms with E-state index in [1.165, 1.54) is 0 Å². The van der Waals surface area contributed by atoms with Crippen molar-refractivity contribution in [2.24, 2.45) is 5.92 Å². The zero-order chi connectivity index (χ0) is 12.4. The van der Waals surface area contributed by atoms with Crippen LogP contribution in [-0.4, -0.2) is 5.11 Å². The lowest BCUT2D eigenvalue weighted by Gasteiger charge is -2.09. The number of rotatable bonds is 4. The minimum absolute atomic E-state index is 0.482. The van der Waals surface area contributed by atoms with E-state index in [1.54, 1.807) is 0 Å². The number of fused-ring (bicyclic) bond motifs is 1. The molecule has 2 nitrogen and oxygen atoms in total. The highest BCUT2D eigenvalue weighted by Crippen LogP contribution is 2.28. The Labute approximate surface area is 102 Å². The molecule has 17 heavy (non-hydrogen) atoms. The molecule has 0 amide bonds. The van der Waals surface area contributed by atoms with E-state index >= 15 is 0 Å². The predicted molar refractivity (Wildman–Crippen MR) is 70.0 cm³/mol. The standard InChI is InChI=1S/C15H20O2/c1-10(2)7-8-13(16)14-9-12-6-4-5-11(3)15(12)17-14/h4-6,9-10,13,16H,7-8H2,1-3H3. The maximum absolute atomic E-state index is 10.1. The van der Waals surface area contributed by atoms with Crippen LogP contribution in [0.3, 0.4) is 0 Å². The summed E-state index contributed by atoms with van der Waals surface area (Å²) in [6.07, 6.45) is 1.29. The Morgan fingerprint density at radius 3 is 2.65 bits per heavy atom. The van der Waals surface area contributed by atoms with E-state index in [4.69, 9.17) is 4.42 Å². The second-order valence-corrected chi connectivity index (χ2v) is 5.13. The Morgan fingerprint density at radius 1 is 1.24 bits per heavy atom. The third-order valence-electron chi connectivity index (χ3n) is 3.11. The van der Waals surface area contributed by atoms with E-state index in [0.717, 1.165) is 29.4 Å². The molecule has 0 spiro atoms. The van der Waals surface area contributed by atoms with E-state index in [9.17, 15) is 5.11 Å². The van der Waals surface area contributed by atoms with Gasteiger partial charge in [0.2, 0.25) is 0 Å². The molecule has 1 heterocycles. The van der Waals surface area contributed by atoms with Crippen molar-refractivity contribution in [2.75, 3.05) is 0 Å². The molecule has 0 saturated heterocycles. The van der Waals surface area contributed by atoms with Crippen LogP contribution in [0.5, 0.6) is 0 Å². The Kier molecular flexibility index (Phi) is 3.53. The van der Waals surface area contributed by atoms with Crippen LogP contribution in [-0.2, 0) is 0 Å². The first-order valence-electron chi connectivity index (χ1n) is 6.25. The minimum atomic E-state index is -0.482. The van der Waals surface area contributed by atoms with Crippen LogP contribution >= 0.6 is 0 Å². The van der Waals surface area contributed by atoms with E-state index in [-0.39, 0.29) is 0 Å².